The number of hydrogen-bond donors (Lipinski definition) is 2. The van der Waals surface area contributed by atoms with Crippen LogP contribution in [0.4, 0.5) is 0 Å². The lowest BCUT2D eigenvalue weighted by atomic mass is 10.1. The molecule has 118 valence electrons. The van der Waals surface area contributed by atoms with Crippen LogP contribution in [-0.4, -0.2) is 17.1 Å². The summed E-state index contributed by atoms with van der Waals surface area (Å²) in [6.45, 7) is 3.36. The lowest BCUT2D eigenvalue weighted by Crippen LogP contribution is -2.32. The summed E-state index contributed by atoms with van der Waals surface area (Å²) in [7, 11) is 0. The molecule has 22 heavy (non-hydrogen) atoms. The van der Waals surface area contributed by atoms with Crippen LogP contribution in [0.2, 0.25) is 0 Å². The molecule has 0 saturated carbocycles. The van der Waals surface area contributed by atoms with Gasteiger partial charge in [0.05, 0.1) is 0 Å². The zero-order valence-electron chi connectivity index (χ0n) is 13.1. The van der Waals surface area contributed by atoms with Gasteiger partial charge in [-0.2, -0.15) is 0 Å². The van der Waals surface area contributed by atoms with Crippen LogP contribution in [0.25, 0.3) is 0 Å². The van der Waals surface area contributed by atoms with Gasteiger partial charge >= 0.3 is 5.97 Å². The number of unbranched alkanes of at least 4 members (excludes halogenated alkanes) is 1. The fourth-order valence-electron chi connectivity index (χ4n) is 1.88. The first kappa shape index (κ1) is 17.9. The molecule has 0 fully saturated rings. The highest BCUT2D eigenvalue weighted by Gasteiger charge is 2.10. The van der Waals surface area contributed by atoms with Gasteiger partial charge in [-0.05, 0) is 12.0 Å². The summed E-state index contributed by atoms with van der Waals surface area (Å²) in [6.07, 6.45) is 7.14. The molecular weight excluding hydrogens is 276 g/mol. The monoisotopic (exact) mass is 301 g/mol. The minimum atomic E-state index is -0.959. The molecule has 3 N–H and O–H groups in total. The number of rotatable bonds is 6. The fourth-order valence-corrected chi connectivity index (χ4v) is 1.88. The first-order valence-corrected chi connectivity index (χ1v) is 7.60. The van der Waals surface area contributed by atoms with Gasteiger partial charge in [-0.15, -0.1) is 0 Å². The number of aryl methyl sites for hydroxylation is 1. The number of carbonyl (C=O) groups is 1. The van der Waals surface area contributed by atoms with E-state index in [0.717, 1.165) is 12.1 Å². The normalized spacial score (nSPS) is 11.2. The molecule has 0 spiro atoms. The van der Waals surface area contributed by atoms with Gasteiger partial charge in [0.15, 0.2) is 12.4 Å². The molecule has 2 rings (SSSR count). The Hall–Kier alpha value is -2.20. The highest BCUT2D eigenvalue weighted by atomic mass is 16.4. The number of aromatic nitrogens is 1. The molecule has 0 aliphatic carbocycles. The summed E-state index contributed by atoms with van der Waals surface area (Å²) in [5.41, 5.74) is 6.30. The third-order valence-corrected chi connectivity index (χ3v) is 3.16. The van der Waals surface area contributed by atoms with Gasteiger partial charge in [0.25, 0.3) is 0 Å². The summed E-state index contributed by atoms with van der Waals surface area (Å²) in [5.74, 6) is -0.959. The molecule has 1 aromatic heterocycles. The van der Waals surface area contributed by atoms with Gasteiger partial charge in [-0.1, -0.05) is 49.7 Å². The fraction of sp³-hybridized carbons (Fsp3) is 0.333. The van der Waals surface area contributed by atoms with E-state index in [4.69, 9.17) is 10.8 Å². The van der Waals surface area contributed by atoms with E-state index in [2.05, 4.69) is 36.0 Å². The summed E-state index contributed by atoms with van der Waals surface area (Å²) in [4.78, 5) is 10.4. The van der Waals surface area contributed by atoms with Crippen LogP contribution in [0.15, 0.2) is 60.9 Å². The van der Waals surface area contributed by atoms with Gasteiger partial charge in [-0.25, -0.2) is 4.57 Å². The van der Waals surface area contributed by atoms with E-state index in [1.54, 1.807) is 0 Å². The number of pyridine rings is 1. The first-order valence-electron chi connectivity index (χ1n) is 7.60. The average molecular weight is 301 g/mol. The lowest BCUT2D eigenvalue weighted by molar-refractivity contribution is -0.697. The van der Waals surface area contributed by atoms with E-state index in [0.29, 0.717) is 6.42 Å². The largest absolute Gasteiger partial charge is 0.480 e. The maximum Gasteiger partial charge on any atom is 0.320 e. The van der Waals surface area contributed by atoms with Crippen molar-refractivity contribution in [3.8, 4) is 0 Å². The van der Waals surface area contributed by atoms with Gasteiger partial charge < -0.3 is 10.8 Å². The molecule has 0 aliphatic heterocycles. The number of hydrogen-bond acceptors (Lipinski definition) is 2. The number of carboxylic acid groups (broad SMARTS) is 1. The molecule has 1 unspecified atom stereocenters. The maximum atomic E-state index is 10.4. The summed E-state index contributed by atoms with van der Waals surface area (Å²) >= 11 is 0. The van der Waals surface area contributed by atoms with Crippen LogP contribution >= 0.6 is 0 Å². The van der Waals surface area contributed by atoms with Crippen molar-refractivity contribution in [3.63, 3.8) is 0 Å². The van der Waals surface area contributed by atoms with E-state index in [1.165, 1.54) is 12.8 Å². The topological polar surface area (TPSA) is 67.2 Å². The highest BCUT2D eigenvalue weighted by Crippen LogP contribution is 2.01. The van der Waals surface area contributed by atoms with Gasteiger partial charge in [0, 0.05) is 18.6 Å². The second kappa shape index (κ2) is 10.5. The third-order valence-electron chi connectivity index (χ3n) is 3.16. The summed E-state index contributed by atoms with van der Waals surface area (Å²) < 4.78 is 2.21. The first-order chi connectivity index (χ1) is 10.6. The minimum absolute atomic E-state index is 0.385. The van der Waals surface area contributed by atoms with Crippen LogP contribution in [-0.2, 0) is 17.8 Å². The number of carboxylic acids is 1. The zero-order chi connectivity index (χ0) is 16.2. The molecular formula is C18H25N2O2+. The van der Waals surface area contributed by atoms with Gasteiger partial charge in [-0.3, -0.25) is 4.79 Å². The minimum Gasteiger partial charge on any atom is -0.480 e. The van der Waals surface area contributed by atoms with Crippen LogP contribution in [0, 0.1) is 0 Å². The molecule has 0 aliphatic rings. The van der Waals surface area contributed by atoms with Gasteiger partial charge in [0.1, 0.15) is 12.6 Å². The van der Waals surface area contributed by atoms with Crippen LogP contribution in [0.3, 0.4) is 0 Å². The molecule has 1 aromatic carbocycles. The number of nitrogens with two attached hydrogens (primary N) is 1. The Balaban J connectivity index is 0.000000224. The Morgan fingerprint density at radius 3 is 2.27 bits per heavy atom. The third kappa shape index (κ3) is 7.55. The van der Waals surface area contributed by atoms with E-state index < -0.39 is 12.0 Å². The van der Waals surface area contributed by atoms with E-state index in [9.17, 15) is 4.79 Å². The summed E-state index contributed by atoms with van der Waals surface area (Å²) in [6, 6.07) is 14.7. The Morgan fingerprint density at radius 2 is 1.73 bits per heavy atom. The molecule has 2 aromatic rings. The van der Waals surface area contributed by atoms with Crippen molar-refractivity contribution in [3.05, 3.63) is 66.5 Å². The lowest BCUT2D eigenvalue weighted by Gasteiger charge is -2.04. The van der Waals surface area contributed by atoms with Crippen molar-refractivity contribution in [1.82, 2.24) is 0 Å². The predicted molar refractivity (Wildman–Crippen MR) is 87.3 cm³/mol. The standard InChI is InChI=1S/C9H11NO2.C9H14N/c10-8(9(11)12)6-7-4-2-1-3-5-7;1-2-3-7-10-8-5-4-6-9-10/h1-5,8H,6,10H2,(H,11,12);4-6,8-9H,2-3,7H2,1H3/q;+1. The summed E-state index contributed by atoms with van der Waals surface area (Å²) in [5, 5.41) is 8.52. The molecule has 4 nitrogen and oxygen atoms in total. The van der Waals surface area contributed by atoms with Crippen molar-refractivity contribution in [1.29, 1.82) is 0 Å². The Kier molecular flexibility index (Phi) is 8.53. The average Bonchev–Trinajstić information content (AvgIpc) is 2.55. The SMILES string of the molecule is CCCC[n+]1ccccc1.NC(Cc1ccccc1)C(=O)O. The van der Waals surface area contributed by atoms with Crippen molar-refractivity contribution >= 4 is 5.97 Å². The quantitative estimate of drug-likeness (QED) is 0.805. The molecule has 4 heteroatoms. The molecule has 1 atom stereocenters. The van der Waals surface area contributed by atoms with Crippen LogP contribution < -0.4 is 10.3 Å². The van der Waals surface area contributed by atoms with E-state index in [1.807, 2.05) is 36.4 Å². The Bertz CT molecular complexity index is 529. The molecule has 0 amide bonds. The molecule has 0 radical (unpaired) electrons. The van der Waals surface area contributed by atoms with E-state index in [-0.39, 0.29) is 0 Å². The number of benzene rings is 1. The van der Waals surface area contributed by atoms with Crippen LogP contribution in [0.1, 0.15) is 25.3 Å². The second-order valence-corrected chi connectivity index (χ2v) is 5.10. The van der Waals surface area contributed by atoms with Crippen molar-refractivity contribution in [2.24, 2.45) is 5.73 Å². The maximum absolute atomic E-state index is 10.4. The Morgan fingerprint density at radius 1 is 1.14 bits per heavy atom. The van der Waals surface area contributed by atoms with Crippen molar-refractivity contribution < 1.29 is 14.5 Å². The predicted octanol–water partition coefficient (Wildman–Crippen LogP) is 2.42. The van der Waals surface area contributed by atoms with Crippen LogP contribution in [0.5, 0.6) is 0 Å². The van der Waals surface area contributed by atoms with E-state index >= 15 is 0 Å². The number of nitrogens with zero attached hydrogens (tertiary/aromatic N) is 1. The number of aliphatic carboxylic acids is 1. The van der Waals surface area contributed by atoms with Crippen molar-refractivity contribution in [2.75, 3.05) is 0 Å². The Labute approximate surface area is 132 Å². The molecule has 1 heterocycles. The molecule has 0 bridgehead atoms. The smallest absolute Gasteiger partial charge is 0.320 e. The van der Waals surface area contributed by atoms with Gasteiger partial charge in [0.2, 0.25) is 0 Å². The second-order valence-electron chi connectivity index (χ2n) is 5.10. The van der Waals surface area contributed by atoms with Crippen molar-refractivity contribution in [2.45, 2.75) is 38.8 Å². The zero-order valence-corrected chi connectivity index (χ0v) is 13.1. The molecule has 0 saturated heterocycles. The highest BCUT2D eigenvalue weighted by molar-refractivity contribution is 5.73.